The van der Waals surface area contributed by atoms with Gasteiger partial charge in [0.15, 0.2) is 0 Å². The lowest BCUT2D eigenvalue weighted by atomic mass is 10.3. The number of aryl methyl sites for hydroxylation is 2. The number of aromatic nitrogens is 4. The van der Waals surface area contributed by atoms with Crippen LogP contribution in [0.1, 0.15) is 11.4 Å². The fourth-order valence-electron chi connectivity index (χ4n) is 1.99. The SMILES string of the molecule is Cc1cc(C)n(-c2ccc(-[n+]3cc([O-])on3)cc2)n1. The van der Waals surface area contributed by atoms with E-state index in [1.165, 1.54) is 10.9 Å². The molecule has 0 atom stereocenters. The summed E-state index contributed by atoms with van der Waals surface area (Å²) in [5.74, 6) is -0.470. The van der Waals surface area contributed by atoms with Gasteiger partial charge in [-0.2, -0.15) is 5.10 Å². The third kappa shape index (κ3) is 2.08. The average Bonchev–Trinajstić information content (AvgIpc) is 2.96. The summed E-state index contributed by atoms with van der Waals surface area (Å²) in [7, 11) is 0. The molecule has 0 unspecified atom stereocenters. The molecule has 1 aromatic carbocycles. The minimum Gasteiger partial charge on any atom is -0.539 e. The van der Waals surface area contributed by atoms with Crippen LogP contribution in [0.3, 0.4) is 0 Å². The Morgan fingerprint density at radius 1 is 1.21 bits per heavy atom. The molecule has 96 valence electrons. The van der Waals surface area contributed by atoms with Crippen LogP contribution in [-0.4, -0.2) is 15.1 Å². The van der Waals surface area contributed by atoms with Gasteiger partial charge in [0.05, 0.1) is 16.7 Å². The number of hydrogen-bond donors (Lipinski definition) is 0. The van der Waals surface area contributed by atoms with Crippen molar-refractivity contribution >= 4 is 0 Å². The maximum absolute atomic E-state index is 10.9. The van der Waals surface area contributed by atoms with E-state index in [0.29, 0.717) is 0 Å². The quantitative estimate of drug-likeness (QED) is 0.637. The van der Waals surface area contributed by atoms with Crippen LogP contribution in [0, 0.1) is 13.8 Å². The summed E-state index contributed by atoms with van der Waals surface area (Å²) in [5, 5.41) is 19.0. The van der Waals surface area contributed by atoms with Gasteiger partial charge < -0.3 is 9.63 Å². The van der Waals surface area contributed by atoms with Crippen molar-refractivity contribution in [3.63, 3.8) is 0 Å². The van der Waals surface area contributed by atoms with E-state index in [0.717, 1.165) is 22.8 Å². The minimum atomic E-state index is -0.470. The molecule has 0 bridgehead atoms. The van der Waals surface area contributed by atoms with Crippen molar-refractivity contribution < 1.29 is 14.3 Å². The van der Waals surface area contributed by atoms with Crippen LogP contribution >= 0.6 is 0 Å². The molecule has 6 heteroatoms. The second-order valence-corrected chi connectivity index (χ2v) is 4.32. The molecule has 0 N–H and O–H groups in total. The average molecular weight is 256 g/mol. The smallest absolute Gasteiger partial charge is 0.239 e. The number of hydrogen-bond acceptors (Lipinski definition) is 4. The van der Waals surface area contributed by atoms with Crippen molar-refractivity contribution in [2.24, 2.45) is 0 Å². The van der Waals surface area contributed by atoms with Crippen LogP contribution in [0.5, 0.6) is 5.95 Å². The largest absolute Gasteiger partial charge is 0.539 e. The summed E-state index contributed by atoms with van der Waals surface area (Å²) >= 11 is 0. The van der Waals surface area contributed by atoms with Crippen molar-refractivity contribution in [1.29, 1.82) is 0 Å². The van der Waals surface area contributed by atoms with Gasteiger partial charge in [-0.3, -0.25) is 0 Å². The number of benzene rings is 1. The zero-order chi connectivity index (χ0) is 13.4. The molecule has 0 fully saturated rings. The Bertz CT molecular complexity index is 713. The first kappa shape index (κ1) is 11.5. The summed E-state index contributed by atoms with van der Waals surface area (Å²) in [6, 6.07) is 9.56. The highest BCUT2D eigenvalue weighted by molar-refractivity contribution is 5.38. The molecule has 0 aliphatic rings. The van der Waals surface area contributed by atoms with Gasteiger partial charge >= 0.3 is 0 Å². The molecule has 0 saturated heterocycles. The molecule has 0 amide bonds. The summed E-state index contributed by atoms with van der Waals surface area (Å²) in [6.45, 7) is 3.96. The Morgan fingerprint density at radius 3 is 2.47 bits per heavy atom. The Balaban J connectivity index is 1.97. The zero-order valence-electron chi connectivity index (χ0n) is 10.6. The van der Waals surface area contributed by atoms with Gasteiger partial charge in [0.2, 0.25) is 11.9 Å². The topological polar surface area (TPSA) is 70.8 Å². The molecule has 2 aromatic heterocycles. The lowest BCUT2D eigenvalue weighted by Crippen LogP contribution is -2.31. The van der Waals surface area contributed by atoms with Crippen LogP contribution in [-0.2, 0) is 0 Å². The Morgan fingerprint density at radius 2 is 1.95 bits per heavy atom. The number of rotatable bonds is 2. The van der Waals surface area contributed by atoms with Crippen molar-refractivity contribution in [3.8, 4) is 17.3 Å². The predicted octanol–water partition coefficient (Wildman–Crippen LogP) is 0.827. The van der Waals surface area contributed by atoms with Crippen LogP contribution in [0.2, 0.25) is 0 Å². The van der Waals surface area contributed by atoms with Gasteiger partial charge in [-0.25, -0.2) is 4.68 Å². The lowest BCUT2D eigenvalue weighted by Gasteiger charge is -2.03. The zero-order valence-corrected chi connectivity index (χ0v) is 10.6. The first-order chi connectivity index (χ1) is 9.13. The van der Waals surface area contributed by atoms with Crippen LogP contribution < -0.4 is 9.79 Å². The summed E-state index contributed by atoms with van der Waals surface area (Å²) < 4.78 is 7.76. The summed E-state index contributed by atoms with van der Waals surface area (Å²) in [5.41, 5.74) is 3.77. The van der Waals surface area contributed by atoms with Gasteiger partial charge in [0.1, 0.15) is 5.95 Å². The lowest BCUT2D eigenvalue weighted by molar-refractivity contribution is -0.670. The molecule has 6 nitrogen and oxygen atoms in total. The van der Waals surface area contributed by atoms with Gasteiger partial charge in [-0.1, -0.05) is 0 Å². The second-order valence-electron chi connectivity index (χ2n) is 4.32. The third-order valence-corrected chi connectivity index (χ3v) is 2.81. The molecule has 3 rings (SSSR count). The number of nitrogens with zero attached hydrogens (tertiary/aromatic N) is 4. The highest BCUT2D eigenvalue weighted by Gasteiger charge is 2.10. The highest BCUT2D eigenvalue weighted by Crippen LogP contribution is 2.13. The standard InChI is InChI=1S/C13H12N4O2/c1-9-7-10(2)17(14-9)12-5-3-11(4-6-12)16-8-13(18)19-15-16/h3-8H,1-2H3. The maximum Gasteiger partial charge on any atom is 0.239 e. The molecular weight excluding hydrogens is 244 g/mol. The van der Waals surface area contributed by atoms with Gasteiger partial charge in [-0.05, 0) is 36.7 Å². The van der Waals surface area contributed by atoms with E-state index in [1.54, 1.807) is 0 Å². The molecule has 0 radical (unpaired) electrons. The van der Waals surface area contributed by atoms with Crippen molar-refractivity contribution in [2.75, 3.05) is 0 Å². The van der Waals surface area contributed by atoms with E-state index in [4.69, 9.17) is 0 Å². The molecule has 2 heterocycles. The Labute approximate surface area is 109 Å². The van der Waals surface area contributed by atoms with Gasteiger partial charge in [0, 0.05) is 17.8 Å². The first-order valence-electron chi connectivity index (χ1n) is 5.83. The molecule has 0 aliphatic carbocycles. The van der Waals surface area contributed by atoms with E-state index < -0.39 is 5.95 Å². The van der Waals surface area contributed by atoms with Crippen LogP contribution in [0.4, 0.5) is 0 Å². The molecule has 3 aromatic rings. The second kappa shape index (κ2) is 4.24. The van der Waals surface area contributed by atoms with E-state index in [2.05, 4.69) is 14.9 Å². The Kier molecular flexibility index (Phi) is 2.56. The molecule has 0 aliphatic heterocycles. The molecule has 0 saturated carbocycles. The fraction of sp³-hybridized carbons (Fsp3) is 0.154. The van der Waals surface area contributed by atoms with E-state index in [1.807, 2.05) is 48.9 Å². The van der Waals surface area contributed by atoms with Gasteiger partial charge in [-0.15, -0.1) is 0 Å². The fourth-order valence-corrected chi connectivity index (χ4v) is 1.99. The molecule has 0 spiro atoms. The monoisotopic (exact) mass is 256 g/mol. The summed E-state index contributed by atoms with van der Waals surface area (Å²) in [6.07, 6.45) is 1.29. The minimum absolute atomic E-state index is 0.470. The predicted molar refractivity (Wildman–Crippen MR) is 64.1 cm³/mol. The molecular formula is C13H12N4O2. The Hall–Kier alpha value is -2.63. The van der Waals surface area contributed by atoms with E-state index in [-0.39, 0.29) is 0 Å². The van der Waals surface area contributed by atoms with Crippen molar-refractivity contribution in [1.82, 2.24) is 15.1 Å². The normalized spacial score (nSPS) is 10.8. The van der Waals surface area contributed by atoms with E-state index >= 15 is 0 Å². The van der Waals surface area contributed by atoms with Crippen LogP contribution in [0.15, 0.2) is 41.1 Å². The molecule has 19 heavy (non-hydrogen) atoms. The van der Waals surface area contributed by atoms with Crippen molar-refractivity contribution in [3.05, 3.63) is 47.9 Å². The first-order valence-corrected chi connectivity index (χ1v) is 5.83. The van der Waals surface area contributed by atoms with Crippen molar-refractivity contribution in [2.45, 2.75) is 13.8 Å². The summed E-state index contributed by atoms with van der Waals surface area (Å²) in [4.78, 5) is 0. The van der Waals surface area contributed by atoms with E-state index in [9.17, 15) is 5.11 Å². The maximum atomic E-state index is 10.9. The van der Waals surface area contributed by atoms with Gasteiger partial charge in [0.25, 0.3) is 0 Å². The highest BCUT2D eigenvalue weighted by atomic mass is 16.6. The third-order valence-electron chi connectivity index (χ3n) is 2.81. The van der Waals surface area contributed by atoms with Crippen LogP contribution in [0.25, 0.3) is 11.4 Å².